The van der Waals surface area contributed by atoms with Gasteiger partial charge in [0.25, 0.3) is 0 Å². The van der Waals surface area contributed by atoms with Gasteiger partial charge in [0, 0.05) is 13.0 Å². The molecule has 3 unspecified atom stereocenters. The lowest BCUT2D eigenvalue weighted by atomic mass is 10.0. The number of rotatable bonds is 18. The molecule has 0 rings (SSSR count). The van der Waals surface area contributed by atoms with Crippen molar-refractivity contribution in [3.05, 3.63) is 0 Å². The van der Waals surface area contributed by atoms with Gasteiger partial charge in [0.05, 0.1) is 6.04 Å². The van der Waals surface area contributed by atoms with Crippen LogP contribution in [-0.4, -0.2) is 78.4 Å². The normalized spacial score (nSPS) is 13.1. The van der Waals surface area contributed by atoms with Crippen molar-refractivity contribution in [3.63, 3.8) is 0 Å². The summed E-state index contributed by atoms with van der Waals surface area (Å²) in [6.07, 6.45) is 1.64. The minimum absolute atomic E-state index is 0.0760. The van der Waals surface area contributed by atoms with E-state index in [-0.39, 0.29) is 38.2 Å². The number of carboxylic acid groups (broad SMARTS) is 1. The maximum absolute atomic E-state index is 12.9. The fourth-order valence-corrected chi connectivity index (χ4v) is 2.80. The summed E-state index contributed by atoms with van der Waals surface area (Å²) in [5, 5.41) is 15.9. The lowest BCUT2D eigenvalue weighted by molar-refractivity contribution is -0.138. The Bertz CT molecular complexity index is 727. The molecule has 0 heterocycles. The number of aliphatic imine (C=N–C) groups is 1. The van der Waals surface area contributed by atoms with Gasteiger partial charge in [0.1, 0.15) is 18.6 Å². The van der Waals surface area contributed by atoms with Gasteiger partial charge >= 0.3 is 5.97 Å². The molecule has 15 heteroatoms. The van der Waals surface area contributed by atoms with Gasteiger partial charge in [0.2, 0.25) is 23.6 Å². The van der Waals surface area contributed by atoms with E-state index in [1.165, 1.54) is 0 Å². The number of primary amides is 1. The van der Waals surface area contributed by atoms with Gasteiger partial charge in [-0.05, 0) is 45.1 Å². The Balaban J connectivity index is 5.22. The first kappa shape index (κ1) is 30.5. The van der Waals surface area contributed by atoms with Crippen molar-refractivity contribution in [3.8, 4) is 0 Å². The third kappa shape index (κ3) is 14.6. The molecule has 3 atom stereocenters. The van der Waals surface area contributed by atoms with Crippen LogP contribution in [0.1, 0.15) is 44.9 Å². The van der Waals surface area contributed by atoms with Crippen molar-refractivity contribution >= 4 is 35.6 Å². The second kappa shape index (κ2) is 17.1. The molecule has 0 spiro atoms. The van der Waals surface area contributed by atoms with Crippen LogP contribution in [0.2, 0.25) is 0 Å². The minimum Gasteiger partial charge on any atom is -0.480 e. The smallest absolute Gasteiger partial charge is 0.322 e. The number of unbranched alkanes of at least 4 members (excludes halogenated alkanes) is 1. The molecule has 0 bridgehead atoms. The summed E-state index contributed by atoms with van der Waals surface area (Å²) in [4.78, 5) is 63.3. The van der Waals surface area contributed by atoms with E-state index in [4.69, 9.17) is 33.8 Å². The Hall–Kier alpha value is -3.46. The number of nitrogens with two attached hydrogens (primary N) is 5. The van der Waals surface area contributed by atoms with E-state index < -0.39 is 54.3 Å². The molecule has 4 amide bonds. The largest absolute Gasteiger partial charge is 0.480 e. The topological polar surface area (TPSA) is 284 Å². The number of carbonyl (C=O) groups is 5. The number of amides is 4. The number of guanidine groups is 1. The zero-order chi connectivity index (χ0) is 26.1. The lowest BCUT2D eigenvalue weighted by Gasteiger charge is -2.24. The molecule has 34 heavy (non-hydrogen) atoms. The SMILES string of the molecule is NCCCCC(NC(=O)C(N)CCCN=C(N)N)C(=O)NC(CCC(N)=O)C(=O)NCC(=O)O. The summed E-state index contributed by atoms with van der Waals surface area (Å²) in [5.74, 6) is -4.15. The van der Waals surface area contributed by atoms with Gasteiger partial charge in [-0.15, -0.1) is 0 Å². The predicted molar refractivity (Wildman–Crippen MR) is 124 cm³/mol. The zero-order valence-corrected chi connectivity index (χ0v) is 19.1. The molecule has 0 aromatic rings. The monoisotopic (exact) mass is 487 g/mol. The van der Waals surface area contributed by atoms with Gasteiger partial charge in [-0.2, -0.15) is 0 Å². The van der Waals surface area contributed by atoms with Gasteiger partial charge in [-0.1, -0.05) is 0 Å². The number of aliphatic carboxylic acids is 1. The van der Waals surface area contributed by atoms with E-state index in [9.17, 15) is 24.0 Å². The summed E-state index contributed by atoms with van der Waals surface area (Å²) in [6, 6.07) is -3.20. The van der Waals surface area contributed by atoms with Crippen LogP contribution < -0.4 is 44.6 Å². The van der Waals surface area contributed by atoms with Crippen molar-refractivity contribution in [2.75, 3.05) is 19.6 Å². The summed E-state index contributed by atoms with van der Waals surface area (Å²) in [6.45, 7) is -0.00467. The van der Waals surface area contributed by atoms with Crippen LogP contribution in [0.3, 0.4) is 0 Å². The number of carboxylic acids is 1. The molecule has 0 aliphatic rings. The third-order valence-corrected chi connectivity index (χ3v) is 4.61. The molecule has 0 aliphatic heterocycles. The molecule has 14 N–H and O–H groups in total. The van der Waals surface area contributed by atoms with Crippen molar-refractivity contribution in [1.29, 1.82) is 0 Å². The fourth-order valence-electron chi connectivity index (χ4n) is 2.80. The maximum atomic E-state index is 12.9. The van der Waals surface area contributed by atoms with Gasteiger partial charge in [0.15, 0.2) is 5.96 Å². The first-order chi connectivity index (χ1) is 16.0. The number of nitrogens with one attached hydrogen (secondary N) is 3. The van der Waals surface area contributed by atoms with Crippen LogP contribution in [0.4, 0.5) is 0 Å². The number of hydrogen-bond donors (Lipinski definition) is 9. The van der Waals surface area contributed by atoms with Crippen molar-refractivity contribution in [2.45, 2.75) is 63.1 Å². The zero-order valence-electron chi connectivity index (χ0n) is 19.1. The summed E-state index contributed by atoms with van der Waals surface area (Å²) < 4.78 is 0. The minimum atomic E-state index is -1.28. The summed E-state index contributed by atoms with van der Waals surface area (Å²) in [7, 11) is 0. The van der Waals surface area contributed by atoms with Crippen LogP contribution in [0.15, 0.2) is 4.99 Å². The van der Waals surface area contributed by atoms with Crippen molar-refractivity contribution in [2.24, 2.45) is 33.7 Å². The molecule has 0 saturated carbocycles. The highest BCUT2D eigenvalue weighted by Gasteiger charge is 2.28. The van der Waals surface area contributed by atoms with Crippen LogP contribution in [0, 0.1) is 0 Å². The highest BCUT2D eigenvalue weighted by Crippen LogP contribution is 2.05. The molecule has 0 radical (unpaired) electrons. The molecule has 0 fully saturated rings. The van der Waals surface area contributed by atoms with Crippen LogP contribution in [-0.2, 0) is 24.0 Å². The summed E-state index contributed by atoms with van der Waals surface area (Å²) >= 11 is 0. The van der Waals surface area contributed by atoms with Crippen molar-refractivity contribution < 1.29 is 29.1 Å². The highest BCUT2D eigenvalue weighted by atomic mass is 16.4. The van der Waals surface area contributed by atoms with E-state index in [0.29, 0.717) is 25.8 Å². The molecule has 194 valence electrons. The van der Waals surface area contributed by atoms with E-state index in [1.54, 1.807) is 0 Å². The number of nitrogens with zero attached hydrogens (tertiary/aromatic N) is 1. The van der Waals surface area contributed by atoms with Gasteiger partial charge in [-0.3, -0.25) is 29.0 Å². The van der Waals surface area contributed by atoms with Gasteiger partial charge < -0.3 is 49.7 Å². The van der Waals surface area contributed by atoms with E-state index >= 15 is 0 Å². The van der Waals surface area contributed by atoms with Crippen LogP contribution in [0.25, 0.3) is 0 Å². The Morgan fingerprint density at radius 1 is 0.824 bits per heavy atom. The second-order valence-corrected chi connectivity index (χ2v) is 7.58. The number of hydrogen-bond acceptors (Lipinski definition) is 8. The molecule has 0 saturated heterocycles. The average molecular weight is 488 g/mol. The Morgan fingerprint density at radius 2 is 1.44 bits per heavy atom. The molecular weight excluding hydrogens is 450 g/mol. The maximum Gasteiger partial charge on any atom is 0.322 e. The quantitative estimate of drug-likeness (QED) is 0.0511. The number of carbonyl (C=O) groups excluding carboxylic acids is 4. The highest BCUT2D eigenvalue weighted by molar-refractivity contribution is 5.93. The first-order valence-electron chi connectivity index (χ1n) is 10.9. The van der Waals surface area contributed by atoms with Gasteiger partial charge in [-0.25, -0.2) is 0 Å². The lowest BCUT2D eigenvalue weighted by Crippen LogP contribution is -2.56. The average Bonchev–Trinajstić information content (AvgIpc) is 2.76. The Labute approximate surface area is 197 Å². The molecular formula is C19H37N9O6. The Morgan fingerprint density at radius 3 is 2.00 bits per heavy atom. The van der Waals surface area contributed by atoms with E-state index in [2.05, 4.69) is 20.9 Å². The Kier molecular flexibility index (Phi) is 15.3. The van der Waals surface area contributed by atoms with E-state index in [0.717, 1.165) is 0 Å². The molecule has 0 aliphatic carbocycles. The predicted octanol–water partition coefficient (Wildman–Crippen LogP) is -4.07. The third-order valence-electron chi connectivity index (χ3n) is 4.61. The van der Waals surface area contributed by atoms with Crippen molar-refractivity contribution in [1.82, 2.24) is 16.0 Å². The molecule has 0 aromatic carbocycles. The standard InChI is InChI=1S/C19H37N9O6/c20-8-2-1-5-12(27-16(32)11(21)4-3-9-25-19(23)24)18(34)28-13(6-7-14(22)29)17(33)26-10-15(30)31/h11-13H,1-10,20-21H2,(H2,22,29)(H,26,33)(H,27,32)(H,28,34)(H,30,31)(H4,23,24,25). The van der Waals surface area contributed by atoms with E-state index in [1.807, 2.05) is 0 Å². The fraction of sp³-hybridized carbons (Fsp3) is 0.684. The summed E-state index contributed by atoms with van der Waals surface area (Å²) in [5.41, 5.74) is 27.0. The molecule has 15 nitrogen and oxygen atoms in total. The second-order valence-electron chi connectivity index (χ2n) is 7.58. The molecule has 0 aromatic heterocycles. The van der Waals surface area contributed by atoms with Crippen LogP contribution in [0.5, 0.6) is 0 Å². The van der Waals surface area contributed by atoms with Crippen LogP contribution >= 0.6 is 0 Å². The first-order valence-corrected chi connectivity index (χ1v) is 10.9.